The molecule has 7 heteroatoms. The Balaban J connectivity index is 1.99. The topological polar surface area (TPSA) is 49.1 Å². The van der Waals surface area contributed by atoms with Crippen LogP contribution < -0.4 is 4.74 Å². The summed E-state index contributed by atoms with van der Waals surface area (Å²) >= 11 is 0. The molecule has 0 spiro atoms. The van der Waals surface area contributed by atoms with E-state index in [0.717, 1.165) is 38.1 Å². The summed E-state index contributed by atoms with van der Waals surface area (Å²) in [6, 6.07) is 3.67. The Hall–Kier alpha value is -1.81. The zero-order valence-corrected chi connectivity index (χ0v) is 11.5. The largest absolute Gasteiger partial charge is 0.475 e. The van der Waals surface area contributed by atoms with Crippen LogP contribution in [-0.2, 0) is 6.18 Å². The van der Waals surface area contributed by atoms with Gasteiger partial charge in [-0.2, -0.15) is 18.4 Å². The van der Waals surface area contributed by atoms with Crippen molar-refractivity contribution in [1.29, 1.82) is 5.26 Å². The lowest BCUT2D eigenvalue weighted by Gasteiger charge is -2.26. The first kappa shape index (κ1) is 15.6. The minimum Gasteiger partial charge on any atom is -0.475 e. The van der Waals surface area contributed by atoms with Crippen molar-refractivity contribution in [2.24, 2.45) is 0 Å². The van der Waals surface area contributed by atoms with Crippen LogP contribution in [0.25, 0.3) is 0 Å². The second kappa shape index (κ2) is 6.76. The van der Waals surface area contributed by atoms with E-state index in [2.05, 4.69) is 9.88 Å². The predicted molar refractivity (Wildman–Crippen MR) is 69.7 cm³/mol. The number of rotatable bonds is 4. The molecular formula is C14H16F3N3O. The van der Waals surface area contributed by atoms with E-state index in [9.17, 15) is 13.2 Å². The molecular weight excluding hydrogens is 283 g/mol. The van der Waals surface area contributed by atoms with E-state index >= 15 is 0 Å². The zero-order valence-electron chi connectivity index (χ0n) is 11.5. The van der Waals surface area contributed by atoms with Gasteiger partial charge in [-0.3, -0.25) is 4.90 Å². The minimum absolute atomic E-state index is 0.0154. The van der Waals surface area contributed by atoms with Gasteiger partial charge in [0.1, 0.15) is 23.9 Å². The van der Waals surface area contributed by atoms with Crippen LogP contribution in [0.15, 0.2) is 12.1 Å². The van der Waals surface area contributed by atoms with Gasteiger partial charge < -0.3 is 4.74 Å². The molecule has 1 aliphatic rings. The maximum atomic E-state index is 12.6. The number of aromatic nitrogens is 1. The van der Waals surface area contributed by atoms with Crippen molar-refractivity contribution in [3.8, 4) is 11.9 Å². The normalized spacial score (nSPS) is 16.5. The molecule has 0 saturated carbocycles. The maximum Gasteiger partial charge on any atom is 0.433 e. The molecule has 0 atom stereocenters. The van der Waals surface area contributed by atoms with Crippen molar-refractivity contribution < 1.29 is 17.9 Å². The Morgan fingerprint density at radius 3 is 2.57 bits per heavy atom. The van der Waals surface area contributed by atoms with Crippen LogP contribution in [0.4, 0.5) is 13.2 Å². The standard InChI is InChI=1S/C14H16F3N3O/c15-14(16,17)12-5-4-11(10-18)13(19-12)21-9-8-20-6-2-1-3-7-20/h4-5H,1-3,6-9H2. The van der Waals surface area contributed by atoms with Gasteiger partial charge in [-0.1, -0.05) is 6.42 Å². The molecule has 1 aromatic rings. The van der Waals surface area contributed by atoms with Crippen molar-refractivity contribution in [2.45, 2.75) is 25.4 Å². The summed E-state index contributed by atoms with van der Waals surface area (Å²) in [7, 11) is 0. The van der Waals surface area contributed by atoms with E-state index in [-0.39, 0.29) is 18.1 Å². The quantitative estimate of drug-likeness (QED) is 0.858. The molecule has 1 aliphatic heterocycles. The molecule has 0 bridgehead atoms. The van der Waals surface area contributed by atoms with E-state index in [0.29, 0.717) is 6.54 Å². The van der Waals surface area contributed by atoms with Crippen molar-refractivity contribution in [3.05, 3.63) is 23.4 Å². The molecule has 4 nitrogen and oxygen atoms in total. The molecule has 21 heavy (non-hydrogen) atoms. The second-order valence-corrected chi connectivity index (χ2v) is 4.91. The van der Waals surface area contributed by atoms with Gasteiger partial charge >= 0.3 is 6.18 Å². The molecule has 0 radical (unpaired) electrons. The average Bonchev–Trinajstić information content (AvgIpc) is 2.47. The highest BCUT2D eigenvalue weighted by molar-refractivity contribution is 5.39. The highest BCUT2D eigenvalue weighted by Crippen LogP contribution is 2.30. The van der Waals surface area contributed by atoms with Crippen LogP contribution in [-0.4, -0.2) is 36.1 Å². The minimum atomic E-state index is -4.54. The third-order valence-corrected chi connectivity index (χ3v) is 3.37. The number of alkyl halides is 3. The fraction of sp³-hybridized carbons (Fsp3) is 0.571. The highest BCUT2D eigenvalue weighted by atomic mass is 19.4. The molecule has 2 rings (SSSR count). The zero-order chi connectivity index (χ0) is 15.3. The highest BCUT2D eigenvalue weighted by Gasteiger charge is 2.33. The Kier molecular flexibility index (Phi) is 5.02. The summed E-state index contributed by atoms with van der Waals surface area (Å²) in [6.45, 7) is 2.81. The van der Waals surface area contributed by atoms with Gasteiger partial charge in [0.2, 0.25) is 5.88 Å². The number of nitriles is 1. The van der Waals surface area contributed by atoms with E-state index in [1.165, 1.54) is 6.42 Å². The smallest absolute Gasteiger partial charge is 0.433 e. The number of hydrogen-bond acceptors (Lipinski definition) is 4. The first-order chi connectivity index (χ1) is 10.0. The van der Waals surface area contributed by atoms with Crippen molar-refractivity contribution in [2.75, 3.05) is 26.2 Å². The Morgan fingerprint density at radius 1 is 1.24 bits per heavy atom. The number of pyridine rings is 1. The van der Waals surface area contributed by atoms with Gasteiger partial charge in [-0.25, -0.2) is 4.98 Å². The molecule has 0 aromatic carbocycles. The van der Waals surface area contributed by atoms with E-state index in [1.807, 2.05) is 0 Å². The summed E-state index contributed by atoms with van der Waals surface area (Å²) < 4.78 is 43.1. The molecule has 1 aromatic heterocycles. The number of nitrogens with zero attached hydrogens (tertiary/aromatic N) is 3. The predicted octanol–water partition coefficient (Wildman–Crippen LogP) is 2.84. The number of hydrogen-bond donors (Lipinski definition) is 0. The molecule has 2 heterocycles. The SMILES string of the molecule is N#Cc1ccc(C(F)(F)F)nc1OCCN1CCCCC1. The molecule has 0 amide bonds. The van der Waals surface area contributed by atoms with E-state index < -0.39 is 11.9 Å². The van der Waals surface area contributed by atoms with Gasteiger partial charge in [0.05, 0.1) is 0 Å². The monoisotopic (exact) mass is 299 g/mol. The van der Waals surface area contributed by atoms with Crippen LogP contribution in [0.1, 0.15) is 30.5 Å². The lowest BCUT2D eigenvalue weighted by molar-refractivity contribution is -0.141. The third kappa shape index (κ3) is 4.33. The Morgan fingerprint density at radius 2 is 1.95 bits per heavy atom. The van der Waals surface area contributed by atoms with Crippen LogP contribution in [0.2, 0.25) is 0 Å². The molecule has 1 saturated heterocycles. The van der Waals surface area contributed by atoms with Crippen LogP contribution >= 0.6 is 0 Å². The number of piperidine rings is 1. The van der Waals surface area contributed by atoms with Crippen LogP contribution in [0.3, 0.4) is 0 Å². The van der Waals surface area contributed by atoms with Crippen molar-refractivity contribution >= 4 is 0 Å². The van der Waals surface area contributed by atoms with Crippen LogP contribution in [0, 0.1) is 11.3 Å². The molecule has 1 fully saturated rings. The maximum absolute atomic E-state index is 12.6. The van der Waals surface area contributed by atoms with Crippen molar-refractivity contribution in [1.82, 2.24) is 9.88 Å². The third-order valence-electron chi connectivity index (χ3n) is 3.37. The second-order valence-electron chi connectivity index (χ2n) is 4.91. The Labute approximate surface area is 121 Å². The van der Waals surface area contributed by atoms with Crippen LogP contribution in [0.5, 0.6) is 5.88 Å². The Bertz CT molecular complexity index is 519. The van der Waals surface area contributed by atoms with Gasteiger partial charge in [-0.05, 0) is 38.1 Å². The summed E-state index contributed by atoms with van der Waals surface area (Å²) in [6.07, 6.45) is -1.07. The summed E-state index contributed by atoms with van der Waals surface area (Å²) in [4.78, 5) is 5.61. The lowest BCUT2D eigenvalue weighted by Crippen LogP contribution is -2.33. The fourth-order valence-electron chi connectivity index (χ4n) is 2.25. The van der Waals surface area contributed by atoms with Gasteiger partial charge in [-0.15, -0.1) is 0 Å². The number of likely N-dealkylation sites (tertiary alicyclic amines) is 1. The van der Waals surface area contributed by atoms with Gasteiger partial charge in [0.15, 0.2) is 0 Å². The summed E-state index contributed by atoms with van der Waals surface area (Å²) in [5, 5.41) is 8.90. The molecule has 114 valence electrons. The van der Waals surface area contributed by atoms with E-state index in [1.54, 1.807) is 6.07 Å². The van der Waals surface area contributed by atoms with Gasteiger partial charge in [0, 0.05) is 6.54 Å². The molecule has 0 unspecified atom stereocenters. The summed E-state index contributed by atoms with van der Waals surface area (Å²) in [5.41, 5.74) is -1.03. The first-order valence-corrected chi connectivity index (χ1v) is 6.84. The number of ether oxygens (including phenoxy) is 1. The first-order valence-electron chi connectivity index (χ1n) is 6.84. The van der Waals surface area contributed by atoms with E-state index in [4.69, 9.17) is 10.00 Å². The average molecular weight is 299 g/mol. The summed E-state index contributed by atoms with van der Waals surface area (Å²) in [5.74, 6) is -0.246. The van der Waals surface area contributed by atoms with Gasteiger partial charge in [0.25, 0.3) is 0 Å². The lowest BCUT2D eigenvalue weighted by atomic mass is 10.1. The fourth-order valence-corrected chi connectivity index (χ4v) is 2.25. The van der Waals surface area contributed by atoms with Crippen molar-refractivity contribution in [3.63, 3.8) is 0 Å². The molecule has 0 aliphatic carbocycles. The number of halogens is 3. The molecule has 0 N–H and O–H groups in total.